The SMILES string of the molecule is [CH2]C=CC(C(F)(F)F)C(F)(F)F. The highest BCUT2D eigenvalue weighted by Gasteiger charge is 2.54. The molecule has 0 amide bonds. The van der Waals surface area contributed by atoms with E-state index in [-0.39, 0.29) is 6.08 Å². The molecule has 0 aromatic carbocycles. The summed E-state index contributed by atoms with van der Waals surface area (Å²) in [6.45, 7) is 2.77. The molecule has 0 rings (SSSR count). The molecule has 71 valence electrons. The number of alkyl halides is 6. The zero-order valence-corrected chi connectivity index (χ0v) is 5.71. The number of allylic oxidation sites excluding steroid dienone is 2. The molecule has 12 heavy (non-hydrogen) atoms. The van der Waals surface area contributed by atoms with Gasteiger partial charge >= 0.3 is 12.4 Å². The topological polar surface area (TPSA) is 0 Å². The average molecular weight is 191 g/mol. The van der Waals surface area contributed by atoms with Crippen molar-refractivity contribution in [1.82, 2.24) is 0 Å². The Morgan fingerprint density at radius 1 is 0.917 bits per heavy atom. The predicted molar refractivity (Wildman–Crippen MR) is 30.1 cm³/mol. The minimum Gasteiger partial charge on any atom is -0.170 e. The summed E-state index contributed by atoms with van der Waals surface area (Å²) in [6.07, 6.45) is -10.1. The highest BCUT2D eigenvalue weighted by Crippen LogP contribution is 2.39. The number of rotatable bonds is 1. The van der Waals surface area contributed by atoms with Gasteiger partial charge in [0.2, 0.25) is 0 Å². The summed E-state index contributed by atoms with van der Waals surface area (Å²) in [4.78, 5) is 0. The lowest BCUT2D eigenvalue weighted by Crippen LogP contribution is -2.34. The van der Waals surface area contributed by atoms with Crippen molar-refractivity contribution in [3.05, 3.63) is 19.1 Å². The summed E-state index contributed by atoms with van der Waals surface area (Å²) in [7, 11) is 0. The standard InChI is InChI=1S/C6H5F6/c1-2-3-4(5(7,8)9)6(10,11)12/h2-4H,1H2. The van der Waals surface area contributed by atoms with Crippen LogP contribution in [0.4, 0.5) is 26.3 Å². The first-order valence-electron chi connectivity index (χ1n) is 2.79. The minimum atomic E-state index is -5.30. The van der Waals surface area contributed by atoms with Gasteiger partial charge in [-0.15, -0.1) is 0 Å². The van der Waals surface area contributed by atoms with E-state index in [1.54, 1.807) is 0 Å². The molecule has 0 aliphatic heterocycles. The normalized spacial score (nSPS) is 14.7. The van der Waals surface area contributed by atoms with E-state index in [1.807, 2.05) is 0 Å². The molecule has 0 heterocycles. The van der Waals surface area contributed by atoms with E-state index in [2.05, 4.69) is 6.92 Å². The Labute approximate surface area is 64.9 Å². The molecule has 0 spiro atoms. The Balaban J connectivity index is 4.69. The van der Waals surface area contributed by atoms with Crippen LogP contribution in [0.3, 0.4) is 0 Å². The summed E-state index contributed by atoms with van der Waals surface area (Å²) < 4.78 is 69.6. The van der Waals surface area contributed by atoms with Crippen molar-refractivity contribution in [2.75, 3.05) is 0 Å². The van der Waals surface area contributed by atoms with Crippen molar-refractivity contribution < 1.29 is 26.3 Å². The highest BCUT2D eigenvalue weighted by atomic mass is 19.4. The highest BCUT2D eigenvalue weighted by molar-refractivity contribution is 4.97. The van der Waals surface area contributed by atoms with Crippen LogP contribution in [0.2, 0.25) is 0 Å². The van der Waals surface area contributed by atoms with Gasteiger partial charge in [-0.25, -0.2) is 0 Å². The Kier molecular flexibility index (Phi) is 3.17. The number of hydrogen-bond acceptors (Lipinski definition) is 0. The second kappa shape index (κ2) is 3.37. The second-order valence-corrected chi connectivity index (χ2v) is 1.99. The molecule has 0 bridgehead atoms. The van der Waals surface area contributed by atoms with Crippen LogP contribution in [0.1, 0.15) is 0 Å². The maximum absolute atomic E-state index is 11.6. The molecule has 0 saturated carbocycles. The third-order valence-electron chi connectivity index (χ3n) is 1.03. The van der Waals surface area contributed by atoms with Crippen LogP contribution in [-0.2, 0) is 0 Å². The summed E-state index contributed by atoms with van der Waals surface area (Å²) >= 11 is 0. The number of hydrogen-bond donors (Lipinski definition) is 0. The monoisotopic (exact) mass is 191 g/mol. The molecule has 0 aromatic heterocycles. The van der Waals surface area contributed by atoms with Gasteiger partial charge in [-0.1, -0.05) is 12.2 Å². The van der Waals surface area contributed by atoms with Gasteiger partial charge in [-0.05, 0) is 6.92 Å². The van der Waals surface area contributed by atoms with Crippen LogP contribution < -0.4 is 0 Å². The van der Waals surface area contributed by atoms with Crippen LogP contribution in [-0.4, -0.2) is 12.4 Å². The lowest BCUT2D eigenvalue weighted by atomic mass is 10.1. The smallest absolute Gasteiger partial charge is 0.170 e. The van der Waals surface area contributed by atoms with Gasteiger partial charge < -0.3 is 0 Å². The third-order valence-corrected chi connectivity index (χ3v) is 1.03. The van der Waals surface area contributed by atoms with Crippen molar-refractivity contribution in [2.45, 2.75) is 12.4 Å². The summed E-state index contributed by atoms with van der Waals surface area (Å²) in [5.41, 5.74) is 0. The molecule has 0 N–H and O–H groups in total. The van der Waals surface area contributed by atoms with Crippen LogP contribution in [0.15, 0.2) is 12.2 Å². The maximum Gasteiger partial charge on any atom is 0.403 e. The quantitative estimate of drug-likeness (QED) is 0.558. The number of halogens is 6. The Hall–Kier alpha value is -0.680. The van der Waals surface area contributed by atoms with Gasteiger partial charge in [0, 0.05) is 0 Å². The van der Waals surface area contributed by atoms with E-state index in [0.29, 0.717) is 6.08 Å². The summed E-state index contributed by atoms with van der Waals surface area (Å²) in [5, 5.41) is 0. The summed E-state index contributed by atoms with van der Waals surface area (Å²) in [5.74, 6) is -3.41. The molecule has 0 unspecified atom stereocenters. The molecule has 0 atom stereocenters. The van der Waals surface area contributed by atoms with Gasteiger partial charge in [0.05, 0.1) is 0 Å². The first-order valence-corrected chi connectivity index (χ1v) is 2.79. The molecular formula is C6H5F6. The molecular weight excluding hydrogens is 186 g/mol. The van der Waals surface area contributed by atoms with Gasteiger partial charge in [0.1, 0.15) is 0 Å². The fourth-order valence-electron chi connectivity index (χ4n) is 0.540. The van der Waals surface area contributed by atoms with Gasteiger partial charge in [-0.2, -0.15) is 26.3 Å². The molecule has 0 aromatic rings. The van der Waals surface area contributed by atoms with Gasteiger partial charge in [0.25, 0.3) is 0 Å². The first kappa shape index (κ1) is 11.3. The first-order chi connectivity index (χ1) is 5.19. The van der Waals surface area contributed by atoms with E-state index in [9.17, 15) is 26.3 Å². The Morgan fingerprint density at radius 3 is 1.33 bits per heavy atom. The van der Waals surface area contributed by atoms with Crippen LogP contribution in [0.5, 0.6) is 0 Å². The van der Waals surface area contributed by atoms with E-state index in [4.69, 9.17) is 0 Å². The van der Waals surface area contributed by atoms with Crippen LogP contribution >= 0.6 is 0 Å². The van der Waals surface area contributed by atoms with Crippen molar-refractivity contribution in [3.63, 3.8) is 0 Å². The molecule has 0 aliphatic carbocycles. The van der Waals surface area contributed by atoms with Crippen molar-refractivity contribution in [3.8, 4) is 0 Å². The molecule has 0 nitrogen and oxygen atoms in total. The van der Waals surface area contributed by atoms with E-state index in [0.717, 1.165) is 0 Å². The fourth-order valence-corrected chi connectivity index (χ4v) is 0.540. The van der Waals surface area contributed by atoms with Crippen molar-refractivity contribution in [1.29, 1.82) is 0 Å². The van der Waals surface area contributed by atoms with Crippen molar-refractivity contribution in [2.24, 2.45) is 5.92 Å². The summed E-state index contributed by atoms with van der Waals surface area (Å²) in [6, 6.07) is 0. The molecule has 0 aliphatic rings. The lowest BCUT2D eigenvalue weighted by Gasteiger charge is -2.19. The molecule has 0 saturated heterocycles. The van der Waals surface area contributed by atoms with E-state index >= 15 is 0 Å². The van der Waals surface area contributed by atoms with E-state index < -0.39 is 18.3 Å². The average Bonchev–Trinajstić information content (AvgIpc) is 1.77. The lowest BCUT2D eigenvalue weighted by molar-refractivity contribution is -0.267. The third kappa shape index (κ3) is 3.15. The van der Waals surface area contributed by atoms with Crippen LogP contribution in [0.25, 0.3) is 0 Å². The Bertz CT molecular complexity index is 148. The van der Waals surface area contributed by atoms with Gasteiger partial charge in [-0.3, -0.25) is 0 Å². The zero-order valence-electron chi connectivity index (χ0n) is 5.71. The maximum atomic E-state index is 11.6. The fraction of sp³-hybridized carbons (Fsp3) is 0.500. The largest absolute Gasteiger partial charge is 0.403 e. The van der Waals surface area contributed by atoms with Crippen LogP contribution in [0, 0.1) is 12.8 Å². The molecule has 1 radical (unpaired) electrons. The second-order valence-electron chi connectivity index (χ2n) is 1.99. The van der Waals surface area contributed by atoms with Gasteiger partial charge in [0.15, 0.2) is 5.92 Å². The Morgan fingerprint density at radius 2 is 1.25 bits per heavy atom. The van der Waals surface area contributed by atoms with E-state index in [1.165, 1.54) is 0 Å². The molecule has 0 fully saturated rings. The van der Waals surface area contributed by atoms with Crippen molar-refractivity contribution >= 4 is 0 Å². The zero-order chi connectivity index (χ0) is 9.99. The predicted octanol–water partition coefficient (Wildman–Crippen LogP) is 3.12. The minimum absolute atomic E-state index is 0.0278. The molecule has 6 heteroatoms.